The Kier molecular flexibility index (Phi) is 5.97. The number of benzene rings is 1. The zero-order valence-corrected chi connectivity index (χ0v) is 15.1. The molecule has 0 spiro atoms. The van der Waals surface area contributed by atoms with Crippen LogP contribution < -0.4 is 5.32 Å². The van der Waals surface area contributed by atoms with E-state index in [0.29, 0.717) is 18.7 Å². The first-order valence-electron chi connectivity index (χ1n) is 8.27. The molecule has 140 valence electrons. The minimum Gasteiger partial charge on any atom is -0.452 e. The van der Waals surface area contributed by atoms with Crippen molar-refractivity contribution in [1.82, 2.24) is 10.2 Å². The largest absolute Gasteiger partial charge is 0.452 e. The van der Waals surface area contributed by atoms with Crippen LogP contribution >= 0.6 is 11.3 Å². The van der Waals surface area contributed by atoms with Gasteiger partial charge in [0.15, 0.2) is 6.61 Å². The number of halogens is 1. The van der Waals surface area contributed by atoms with Crippen LogP contribution in [0.5, 0.6) is 0 Å². The van der Waals surface area contributed by atoms with Gasteiger partial charge in [-0.05, 0) is 24.3 Å². The van der Waals surface area contributed by atoms with Gasteiger partial charge in [0, 0.05) is 34.5 Å². The average Bonchev–Trinajstić information content (AvgIpc) is 3.13. The third kappa shape index (κ3) is 5.01. The van der Waals surface area contributed by atoms with Crippen molar-refractivity contribution >= 4 is 35.2 Å². The highest BCUT2D eigenvalue weighted by molar-refractivity contribution is 7.16. The van der Waals surface area contributed by atoms with E-state index in [1.807, 2.05) is 0 Å². The highest BCUT2D eigenvalue weighted by Gasteiger charge is 2.21. The number of nitrogens with one attached hydrogen (secondary N) is 1. The molecule has 0 saturated carbocycles. The molecule has 0 bridgehead atoms. The molecule has 1 N–H and O–H groups in total. The number of esters is 1. The van der Waals surface area contributed by atoms with Crippen LogP contribution in [0.25, 0.3) is 16.5 Å². The highest BCUT2D eigenvalue weighted by Crippen LogP contribution is 2.30. The molecule has 27 heavy (non-hydrogen) atoms. The summed E-state index contributed by atoms with van der Waals surface area (Å²) in [7, 11) is 0. The number of thiophene rings is 1. The number of ether oxygens (including phenoxy) is 1. The number of rotatable bonds is 5. The van der Waals surface area contributed by atoms with Gasteiger partial charge in [0.1, 0.15) is 5.82 Å². The number of nitrogens with zero attached hydrogens (tertiary/aromatic N) is 1. The monoisotopic (exact) mass is 388 g/mol. The second kappa shape index (κ2) is 8.59. The summed E-state index contributed by atoms with van der Waals surface area (Å²) in [6, 6.07) is 10.0. The van der Waals surface area contributed by atoms with E-state index in [1.165, 1.54) is 28.4 Å². The van der Waals surface area contributed by atoms with Gasteiger partial charge in [-0.1, -0.05) is 18.2 Å². The Balaban J connectivity index is 1.52. The molecule has 8 heteroatoms. The van der Waals surface area contributed by atoms with Crippen molar-refractivity contribution in [2.75, 3.05) is 26.2 Å². The lowest BCUT2D eigenvalue weighted by atomic mass is 10.2. The molecule has 0 aliphatic carbocycles. The molecule has 1 aliphatic rings. The maximum Gasteiger partial charge on any atom is 0.331 e. The minimum atomic E-state index is -0.661. The van der Waals surface area contributed by atoms with Gasteiger partial charge >= 0.3 is 5.97 Å². The molecule has 0 unspecified atom stereocenters. The maximum atomic E-state index is 13.8. The van der Waals surface area contributed by atoms with Crippen LogP contribution in [0.4, 0.5) is 4.39 Å². The zero-order valence-electron chi connectivity index (χ0n) is 14.3. The third-order valence-corrected chi connectivity index (χ3v) is 4.96. The molecule has 1 aromatic carbocycles. The lowest BCUT2D eigenvalue weighted by Crippen LogP contribution is -2.51. The Morgan fingerprint density at radius 1 is 1.26 bits per heavy atom. The fourth-order valence-corrected chi connectivity index (χ4v) is 3.46. The van der Waals surface area contributed by atoms with E-state index in [1.54, 1.807) is 36.4 Å². The summed E-state index contributed by atoms with van der Waals surface area (Å²) in [4.78, 5) is 37.8. The van der Waals surface area contributed by atoms with E-state index in [4.69, 9.17) is 4.74 Å². The van der Waals surface area contributed by atoms with Crippen LogP contribution in [0.1, 0.15) is 4.88 Å². The van der Waals surface area contributed by atoms with E-state index >= 15 is 0 Å². The standard InChI is InChI=1S/C19H17FN2O4S/c20-15-4-2-1-3-14(15)16-7-5-13(27-16)6-8-19(25)26-12-18(24)22-10-9-21-17(23)11-22/h1-8H,9-12H2,(H,21,23). The summed E-state index contributed by atoms with van der Waals surface area (Å²) in [5, 5.41) is 2.61. The number of hydrogen-bond acceptors (Lipinski definition) is 5. The lowest BCUT2D eigenvalue weighted by molar-refractivity contribution is -0.149. The highest BCUT2D eigenvalue weighted by atomic mass is 32.1. The summed E-state index contributed by atoms with van der Waals surface area (Å²) in [5.74, 6) is -1.61. The van der Waals surface area contributed by atoms with Gasteiger partial charge in [-0.3, -0.25) is 9.59 Å². The molecule has 2 aromatic rings. The second-order valence-electron chi connectivity index (χ2n) is 5.79. The molecule has 2 amide bonds. The summed E-state index contributed by atoms with van der Waals surface area (Å²) in [5.41, 5.74) is 0.501. The molecule has 3 rings (SSSR count). The smallest absolute Gasteiger partial charge is 0.331 e. The summed E-state index contributed by atoms with van der Waals surface area (Å²) in [6.07, 6.45) is 2.77. The molecule has 2 heterocycles. The fraction of sp³-hybridized carbons (Fsp3) is 0.211. The molecule has 1 aromatic heterocycles. The Hall–Kier alpha value is -3.00. The van der Waals surface area contributed by atoms with E-state index in [9.17, 15) is 18.8 Å². The third-order valence-electron chi connectivity index (χ3n) is 3.88. The molecule has 0 radical (unpaired) electrons. The predicted octanol–water partition coefficient (Wildman–Crippen LogP) is 2.07. The van der Waals surface area contributed by atoms with Gasteiger partial charge in [-0.15, -0.1) is 11.3 Å². The van der Waals surface area contributed by atoms with Crippen LogP contribution in [-0.2, 0) is 19.1 Å². The van der Waals surface area contributed by atoms with Crippen molar-refractivity contribution in [3.05, 3.63) is 53.2 Å². The molecule has 0 atom stereocenters. The van der Waals surface area contributed by atoms with Crippen molar-refractivity contribution in [3.63, 3.8) is 0 Å². The topological polar surface area (TPSA) is 75.7 Å². The van der Waals surface area contributed by atoms with Crippen LogP contribution in [0, 0.1) is 5.82 Å². The van der Waals surface area contributed by atoms with Crippen molar-refractivity contribution in [2.45, 2.75) is 0 Å². The molecule has 1 aliphatic heterocycles. The van der Waals surface area contributed by atoms with Gasteiger partial charge in [0.05, 0.1) is 6.54 Å². The summed E-state index contributed by atoms with van der Waals surface area (Å²) in [6.45, 7) is 0.342. The van der Waals surface area contributed by atoms with Gasteiger partial charge < -0.3 is 15.0 Å². The zero-order chi connectivity index (χ0) is 19.2. The first kappa shape index (κ1) is 18.8. The maximum absolute atomic E-state index is 13.8. The van der Waals surface area contributed by atoms with Gasteiger partial charge in [0.25, 0.3) is 5.91 Å². The average molecular weight is 388 g/mol. The van der Waals surface area contributed by atoms with Crippen LogP contribution in [0.2, 0.25) is 0 Å². The molecule has 1 saturated heterocycles. The molecule has 1 fully saturated rings. The molecular weight excluding hydrogens is 371 g/mol. The molecular formula is C19H17FN2O4S. The Labute approximate surface area is 159 Å². The quantitative estimate of drug-likeness (QED) is 0.629. The van der Waals surface area contributed by atoms with E-state index in [2.05, 4.69) is 5.32 Å². The Morgan fingerprint density at radius 3 is 2.85 bits per heavy atom. The van der Waals surface area contributed by atoms with Gasteiger partial charge in [-0.2, -0.15) is 0 Å². The summed E-state index contributed by atoms with van der Waals surface area (Å²) < 4.78 is 18.7. The van der Waals surface area contributed by atoms with Crippen LogP contribution in [-0.4, -0.2) is 48.9 Å². The first-order chi connectivity index (χ1) is 13.0. The number of carbonyl (C=O) groups excluding carboxylic acids is 3. The lowest BCUT2D eigenvalue weighted by Gasteiger charge is -2.26. The van der Waals surface area contributed by atoms with Crippen LogP contribution in [0.15, 0.2) is 42.5 Å². The van der Waals surface area contributed by atoms with Crippen molar-refractivity contribution < 1.29 is 23.5 Å². The van der Waals surface area contributed by atoms with E-state index in [-0.39, 0.29) is 18.3 Å². The minimum absolute atomic E-state index is 0.0275. The second-order valence-corrected chi connectivity index (χ2v) is 6.90. The van der Waals surface area contributed by atoms with E-state index < -0.39 is 18.5 Å². The van der Waals surface area contributed by atoms with Crippen molar-refractivity contribution in [3.8, 4) is 10.4 Å². The normalized spacial score (nSPS) is 14.3. The Bertz CT molecular complexity index is 893. The molecule has 6 nitrogen and oxygen atoms in total. The van der Waals surface area contributed by atoms with Crippen LogP contribution in [0.3, 0.4) is 0 Å². The number of hydrogen-bond donors (Lipinski definition) is 1. The summed E-state index contributed by atoms with van der Waals surface area (Å²) >= 11 is 1.34. The fourth-order valence-electron chi connectivity index (χ4n) is 2.52. The predicted molar refractivity (Wildman–Crippen MR) is 99.3 cm³/mol. The Morgan fingerprint density at radius 2 is 2.07 bits per heavy atom. The number of carbonyl (C=O) groups is 3. The number of amides is 2. The van der Waals surface area contributed by atoms with Gasteiger partial charge in [0.2, 0.25) is 5.91 Å². The van der Waals surface area contributed by atoms with Crippen molar-refractivity contribution in [2.24, 2.45) is 0 Å². The van der Waals surface area contributed by atoms with Gasteiger partial charge in [-0.25, -0.2) is 9.18 Å². The SMILES string of the molecule is O=C1CN(C(=O)COC(=O)C=Cc2ccc(-c3ccccc3F)s2)CCN1. The first-order valence-corrected chi connectivity index (χ1v) is 9.08. The van der Waals surface area contributed by atoms with Crippen molar-refractivity contribution in [1.29, 1.82) is 0 Å². The number of piperazine rings is 1. The van der Waals surface area contributed by atoms with E-state index in [0.717, 1.165) is 9.75 Å².